The standard InChI is InChI=1S/C25H39ClN5O10PS/c1-13(2)40-21(35)14(3)30-42(37,38-8-9-43-23(36)24(5,6)11-32)39-10-16-18(33)25(7,26)22(41-16)31-12-27-17-19(31)28-15(4)29-20(17)34/h12-14,16,18,22,32-33H,8-11H2,1-7H3,(H,30,37)(H,28,29,34)/t14-,16-,18-,22-,25-,42-/m1/s1. The van der Waals surface area contributed by atoms with E-state index in [2.05, 4.69) is 20.0 Å². The molecular formula is C25H39ClN5O10PS. The highest BCUT2D eigenvalue weighted by Gasteiger charge is 2.54. The van der Waals surface area contributed by atoms with Crippen LogP contribution < -0.4 is 10.6 Å². The van der Waals surface area contributed by atoms with Gasteiger partial charge in [-0.1, -0.05) is 11.8 Å². The molecule has 0 unspecified atom stereocenters. The number of esters is 1. The molecule has 0 radical (unpaired) electrons. The first-order valence-corrected chi connectivity index (χ1v) is 16.4. The Balaban J connectivity index is 1.76. The molecular weight excluding hydrogens is 629 g/mol. The van der Waals surface area contributed by atoms with Crippen molar-refractivity contribution in [3.63, 3.8) is 0 Å². The first-order chi connectivity index (χ1) is 19.9. The molecule has 3 rings (SSSR count). The number of nitrogens with zero attached hydrogens (tertiary/aromatic N) is 3. The second kappa shape index (κ2) is 14.0. The Morgan fingerprint density at radius 3 is 2.65 bits per heavy atom. The molecule has 18 heteroatoms. The number of nitrogens with one attached hydrogen (secondary N) is 2. The van der Waals surface area contributed by atoms with E-state index < -0.39 is 66.8 Å². The molecule has 4 N–H and O–H groups in total. The second-order valence-corrected chi connectivity index (χ2v) is 14.9. The molecule has 3 heterocycles. The summed E-state index contributed by atoms with van der Waals surface area (Å²) in [7, 11) is -4.27. The Kier molecular flexibility index (Phi) is 11.6. The number of rotatable bonds is 14. The second-order valence-electron chi connectivity index (χ2n) is 11.2. The summed E-state index contributed by atoms with van der Waals surface area (Å²) in [4.78, 5) is 46.6. The molecule has 0 bridgehead atoms. The van der Waals surface area contributed by atoms with E-state index in [0.717, 1.165) is 11.8 Å². The van der Waals surface area contributed by atoms with Gasteiger partial charge >= 0.3 is 13.7 Å². The van der Waals surface area contributed by atoms with Crippen molar-refractivity contribution in [1.29, 1.82) is 0 Å². The van der Waals surface area contributed by atoms with Crippen molar-refractivity contribution in [3.05, 3.63) is 22.5 Å². The Morgan fingerprint density at radius 2 is 2.02 bits per heavy atom. The van der Waals surface area contributed by atoms with Crippen molar-refractivity contribution in [3.8, 4) is 0 Å². The van der Waals surface area contributed by atoms with Crippen molar-refractivity contribution in [2.75, 3.05) is 25.6 Å². The number of aromatic nitrogens is 4. The van der Waals surface area contributed by atoms with Crippen LogP contribution in [-0.2, 0) is 32.7 Å². The molecule has 1 aliphatic heterocycles. The summed E-state index contributed by atoms with van der Waals surface area (Å²) in [5.41, 5.74) is -1.18. The molecule has 6 atom stereocenters. The maximum Gasteiger partial charge on any atom is 0.406 e. The van der Waals surface area contributed by atoms with Gasteiger partial charge in [-0.3, -0.25) is 28.0 Å². The number of hydrogen-bond acceptors (Lipinski definition) is 13. The van der Waals surface area contributed by atoms with E-state index in [4.69, 9.17) is 30.1 Å². The van der Waals surface area contributed by atoms with Crippen LogP contribution in [-0.4, -0.2) is 95.6 Å². The molecule has 15 nitrogen and oxygen atoms in total. The van der Waals surface area contributed by atoms with Gasteiger partial charge in [-0.05, 0) is 48.5 Å². The van der Waals surface area contributed by atoms with Crippen LogP contribution in [0.15, 0.2) is 11.1 Å². The number of alkyl halides is 1. The fourth-order valence-electron chi connectivity index (χ4n) is 4.02. The summed E-state index contributed by atoms with van der Waals surface area (Å²) in [6.45, 7) is 9.99. The lowest BCUT2D eigenvalue weighted by Gasteiger charge is -2.26. The highest BCUT2D eigenvalue weighted by atomic mass is 35.5. The van der Waals surface area contributed by atoms with Gasteiger partial charge in [0.05, 0.1) is 37.7 Å². The molecule has 1 aliphatic rings. The highest BCUT2D eigenvalue weighted by molar-refractivity contribution is 8.13. The van der Waals surface area contributed by atoms with E-state index in [1.807, 2.05) is 0 Å². The summed E-state index contributed by atoms with van der Waals surface area (Å²) in [6, 6.07) is -1.11. The number of hydrogen-bond donors (Lipinski definition) is 4. The molecule has 43 heavy (non-hydrogen) atoms. The van der Waals surface area contributed by atoms with Gasteiger partial charge in [0.25, 0.3) is 5.56 Å². The summed E-state index contributed by atoms with van der Waals surface area (Å²) in [5.74, 6) is -0.291. The van der Waals surface area contributed by atoms with Crippen molar-refractivity contribution in [2.45, 2.75) is 83.9 Å². The maximum atomic E-state index is 13.8. The Bertz CT molecular complexity index is 1420. The minimum absolute atomic E-state index is 0.0546. The Morgan fingerprint density at radius 1 is 1.35 bits per heavy atom. The number of fused-ring (bicyclic) bond motifs is 1. The summed E-state index contributed by atoms with van der Waals surface area (Å²) in [5, 5.41) is 22.7. The van der Waals surface area contributed by atoms with E-state index in [1.165, 1.54) is 24.7 Å². The first-order valence-electron chi connectivity index (χ1n) is 13.5. The van der Waals surface area contributed by atoms with Crippen LogP contribution in [0.5, 0.6) is 0 Å². The van der Waals surface area contributed by atoms with Gasteiger partial charge in [-0.25, -0.2) is 19.6 Å². The molecule has 0 amide bonds. The summed E-state index contributed by atoms with van der Waals surface area (Å²) < 4.78 is 37.5. The van der Waals surface area contributed by atoms with E-state index >= 15 is 0 Å². The number of carbonyl (C=O) groups excluding carboxylic acids is 2. The maximum absolute atomic E-state index is 13.8. The number of aliphatic hydroxyl groups is 2. The third-order valence-electron chi connectivity index (χ3n) is 6.51. The number of H-pyrrole nitrogens is 1. The van der Waals surface area contributed by atoms with Crippen LogP contribution >= 0.6 is 31.1 Å². The number of aliphatic hydroxyl groups excluding tert-OH is 2. The van der Waals surface area contributed by atoms with Crippen molar-refractivity contribution < 1.29 is 42.9 Å². The van der Waals surface area contributed by atoms with Crippen molar-refractivity contribution in [1.82, 2.24) is 24.6 Å². The monoisotopic (exact) mass is 667 g/mol. The molecule has 242 valence electrons. The zero-order valence-corrected chi connectivity index (χ0v) is 27.5. The van der Waals surface area contributed by atoms with Gasteiger partial charge in [0.2, 0.25) is 0 Å². The number of thioether (sulfide) groups is 1. The number of halogens is 1. The molecule has 0 aliphatic carbocycles. The SMILES string of the molecule is Cc1nc2c(ncn2[C@@H]2O[C@H](CO[P@@](=O)(N[C@H](C)C(=O)OC(C)C)OCCSC(=O)C(C)(C)CO)[C@@H](O)[C@@]2(C)Cl)c(=O)[nH]1. The van der Waals surface area contributed by atoms with Crippen LogP contribution in [0.1, 0.15) is 53.6 Å². The van der Waals surface area contributed by atoms with E-state index in [1.54, 1.807) is 34.6 Å². The predicted octanol–water partition coefficient (Wildman–Crippen LogP) is 2.03. The van der Waals surface area contributed by atoms with Gasteiger partial charge < -0.3 is 24.7 Å². The molecule has 2 aromatic heterocycles. The fraction of sp³-hybridized carbons (Fsp3) is 0.720. The minimum atomic E-state index is -4.27. The number of carbonyl (C=O) groups is 2. The number of imidazole rings is 1. The van der Waals surface area contributed by atoms with Gasteiger partial charge in [-0.2, -0.15) is 0 Å². The molecule has 0 spiro atoms. The van der Waals surface area contributed by atoms with Gasteiger partial charge in [0.15, 0.2) is 22.5 Å². The topological polar surface area (TPSA) is 204 Å². The lowest BCUT2D eigenvalue weighted by Crippen LogP contribution is -2.40. The third-order valence-corrected chi connectivity index (χ3v) is 9.82. The Hall–Kier alpha value is -1.88. The summed E-state index contributed by atoms with van der Waals surface area (Å²) >= 11 is 7.62. The average Bonchev–Trinajstić information content (AvgIpc) is 3.42. The van der Waals surface area contributed by atoms with Crippen LogP contribution in [0, 0.1) is 12.3 Å². The molecule has 1 saturated heterocycles. The number of ether oxygens (including phenoxy) is 2. The van der Waals surface area contributed by atoms with Gasteiger partial charge in [0, 0.05) is 5.75 Å². The zero-order valence-electron chi connectivity index (χ0n) is 25.0. The molecule has 1 fully saturated rings. The molecule has 2 aromatic rings. The molecule has 0 saturated carbocycles. The normalized spacial score (nSPS) is 24.8. The largest absolute Gasteiger partial charge is 0.462 e. The van der Waals surface area contributed by atoms with Crippen LogP contribution in [0.4, 0.5) is 0 Å². The lowest BCUT2D eigenvalue weighted by molar-refractivity contribution is -0.149. The van der Waals surface area contributed by atoms with Crippen molar-refractivity contribution in [2.24, 2.45) is 5.41 Å². The zero-order chi connectivity index (χ0) is 32.3. The van der Waals surface area contributed by atoms with Crippen LogP contribution in [0.2, 0.25) is 0 Å². The lowest BCUT2D eigenvalue weighted by atomic mass is 9.97. The van der Waals surface area contributed by atoms with Crippen LogP contribution in [0.25, 0.3) is 11.2 Å². The minimum Gasteiger partial charge on any atom is -0.462 e. The van der Waals surface area contributed by atoms with E-state index in [0.29, 0.717) is 5.82 Å². The van der Waals surface area contributed by atoms with E-state index in [9.17, 15) is 29.2 Å². The van der Waals surface area contributed by atoms with Gasteiger partial charge in [-0.15, -0.1) is 11.6 Å². The quantitative estimate of drug-likeness (QED) is 0.0985. The van der Waals surface area contributed by atoms with E-state index in [-0.39, 0.29) is 35.2 Å². The Labute approximate surface area is 258 Å². The summed E-state index contributed by atoms with van der Waals surface area (Å²) in [6.07, 6.45) is -2.65. The number of aromatic amines is 1. The fourth-order valence-corrected chi connectivity index (χ4v) is 6.72. The number of aryl methyl sites for hydroxylation is 1. The van der Waals surface area contributed by atoms with Gasteiger partial charge in [0.1, 0.15) is 28.9 Å². The highest BCUT2D eigenvalue weighted by Crippen LogP contribution is 2.48. The third kappa shape index (κ3) is 8.44. The average molecular weight is 668 g/mol. The van der Waals surface area contributed by atoms with Crippen LogP contribution in [0.3, 0.4) is 0 Å². The molecule has 0 aromatic carbocycles. The smallest absolute Gasteiger partial charge is 0.406 e. The van der Waals surface area contributed by atoms with Crippen molar-refractivity contribution >= 4 is 53.4 Å². The first kappa shape index (κ1) is 35.6. The predicted molar refractivity (Wildman–Crippen MR) is 159 cm³/mol.